The molecule has 1 heterocycles. The fourth-order valence-corrected chi connectivity index (χ4v) is 3.31. The van der Waals surface area contributed by atoms with Crippen LogP contribution in [0.3, 0.4) is 0 Å². The highest BCUT2D eigenvalue weighted by atomic mass is 16.1. The molecule has 1 aromatic rings. The van der Waals surface area contributed by atoms with Crippen molar-refractivity contribution in [3.63, 3.8) is 0 Å². The summed E-state index contributed by atoms with van der Waals surface area (Å²) < 4.78 is 0. The molecule has 1 N–H and O–H groups in total. The van der Waals surface area contributed by atoms with Gasteiger partial charge in [0.15, 0.2) is 0 Å². The number of pyridine rings is 1. The highest BCUT2D eigenvalue weighted by molar-refractivity contribution is 5.99. The predicted octanol–water partition coefficient (Wildman–Crippen LogP) is 6.16. The Hall–Kier alpha value is -2.68. The molecule has 27 heavy (non-hydrogen) atoms. The Morgan fingerprint density at radius 3 is 2.59 bits per heavy atom. The summed E-state index contributed by atoms with van der Waals surface area (Å²) in [5.41, 5.74) is 5.16. The summed E-state index contributed by atoms with van der Waals surface area (Å²) >= 11 is 0. The standard InChI is InChI=1S/C24H30N2O/c1-19(12-13-22-20(2)10-8-16-24(22,3)4)9-6-5-7-11-23(27)26-21-14-17-25-18-15-21/h5-7,9,11-15,17-18H,8,10,16H2,1-4H3,(H,25,26,27)/b6-5+,11-7+,13-12+,19-9+. The molecule has 1 aliphatic rings. The first-order valence-electron chi connectivity index (χ1n) is 9.49. The van der Waals surface area contributed by atoms with Crippen molar-refractivity contribution in [1.29, 1.82) is 0 Å². The Kier molecular flexibility index (Phi) is 7.54. The number of anilines is 1. The molecule has 0 radical (unpaired) electrons. The van der Waals surface area contributed by atoms with Crippen molar-refractivity contribution in [2.45, 2.75) is 47.0 Å². The van der Waals surface area contributed by atoms with Gasteiger partial charge in [-0.15, -0.1) is 0 Å². The number of amides is 1. The molecule has 3 heteroatoms. The molecule has 0 bridgehead atoms. The summed E-state index contributed by atoms with van der Waals surface area (Å²) in [4.78, 5) is 15.7. The Balaban J connectivity index is 1.88. The molecule has 142 valence electrons. The summed E-state index contributed by atoms with van der Waals surface area (Å²) in [5, 5.41) is 2.78. The lowest BCUT2D eigenvalue weighted by Crippen LogP contribution is -2.19. The first-order valence-corrected chi connectivity index (χ1v) is 9.49. The summed E-state index contributed by atoms with van der Waals surface area (Å²) in [7, 11) is 0. The number of carbonyl (C=O) groups excluding carboxylic acids is 1. The van der Waals surface area contributed by atoms with E-state index in [4.69, 9.17) is 0 Å². The summed E-state index contributed by atoms with van der Waals surface area (Å²) in [6.07, 6.45) is 20.6. The molecule has 0 atom stereocenters. The monoisotopic (exact) mass is 362 g/mol. The van der Waals surface area contributed by atoms with Crippen LogP contribution in [0.15, 0.2) is 83.8 Å². The molecule has 1 amide bonds. The van der Waals surface area contributed by atoms with Gasteiger partial charge >= 0.3 is 0 Å². The van der Waals surface area contributed by atoms with Crippen molar-refractivity contribution < 1.29 is 4.79 Å². The van der Waals surface area contributed by atoms with E-state index < -0.39 is 0 Å². The first-order chi connectivity index (χ1) is 12.9. The molecule has 0 aromatic carbocycles. The quantitative estimate of drug-likeness (QED) is 0.486. The van der Waals surface area contributed by atoms with E-state index in [9.17, 15) is 4.79 Å². The highest BCUT2D eigenvalue weighted by Gasteiger charge is 2.26. The molecular formula is C24H30N2O. The van der Waals surface area contributed by atoms with Crippen molar-refractivity contribution in [3.8, 4) is 0 Å². The van der Waals surface area contributed by atoms with Gasteiger partial charge in [0.2, 0.25) is 5.91 Å². The van der Waals surface area contributed by atoms with Crippen LogP contribution in [0.4, 0.5) is 5.69 Å². The zero-order valence-corrected chi connectivity index (χ0v) is 16.8. The Labute approximate surface area is 163 Å². The van der Waals surface area contributed by atoms with E-state index in [0.717, 1.165) is 5.69 Å². The van der Waals surface area contributed by atoms with Gasteiger partial charge in [0.1, 0.15) is 0 Å². The van der Waals surface area contributed by atoms with Gasteiger partial charge < -0.3 is 5.32 Å². The number of nitrogens with zero attached hydrogens (tertiary/aromatic N) is 1. The average molecular weight is 363 g/mol. The third-order valence-corrected chi connectivity index (χ3v) is 4.83. The molecule has 0 saturated heterocycles. The average Bonchev–Trinajstić information content (AvgIpc) is 2.61. The third-order valence-electron chi connectivity index (χ3n) is 4.83. The van der Waals surface area contributed by atoms with Crippen LogP contribution in [-0.2, 0) is 4.79 Å². The van der Waals surface area contributed by atoms with Crippen LogP contribution in [-0.4, -0.2) is 10.9 Å². The SMILES string of the molecule is CC1=C(/C=C/C(C)=C/C=C/C=C/C(=O)Nc2ccncc2)C(C)(C)CCC1. The number of allylic oxidation sites excluding steroid dienone is 9. The molecule has 3 nitrogen and oxygen atoms in total. The van der Waals surface area contributed by atoms with Crippen LogP contribution in [0, 0.1) is 5.41 Å². The van der Waals surface area contributed by atoms with Gasteiger partial charge in [-0.2, -0.15) is 0 Å². The normalized spacial score (nSPS) is 18.0. The van der Waals surface area contributed by atoms with Crippen molar-refractivity contribution >= 4 is 11.6 Å². The van der Waals surface area contributed by atoms with Crippen LogP contribution in [0.25, 0.3) is 0 Å². The van der Waals surface area contributed by atoms with Gasteiger partial charge in [-0.1, -0.05) is 61.4 Å². The van der Waals surface area contributed by atoms with Crippen LogP contribution in [0.2, 0.25) is 0 Å². The number of carbonyl (C=O) groups is 1. The first kappa shape index (κ1) is 20.6. The number of nitrogens with one attached hydrogen (secondary N) is 1. The summed E-state index contributed by atoms with van der Waals surface area (Å²) in [6.45, 7) is 9.00. The second kappa shape index (κ2) is 9.86. The molecule has 1 aliphatic carbocycles. The van der Waals surface area contributed by atoms with Crippen LogP contribution in [0.5, 0.6) is 0 Å². The maximum atomic E-state index is 11.8. The van der Waals surface area contributed by atoms with Crippen LogP contribution >= 0.6 is 0 Å². The topological polar surface area (TPSA) is 42.0 Å². The smallest absolute Gasteiger partial charge is 0.248 e. The largest absolute Gasteiger partial charge is 0.322 e. The zero-order valence-electron chi connectivity index (χ0n) is 16.8. The second-order valence-electron chi connectivity index (χ2n) is 7.64. The maximum absolute atomic E-state index is 11.8. The molecule has 0 fully saturated rings. The number of rotatable bonds is 6. The third kappa shape index (κ3) is 6.86. The molecule has 1 aromatic heterocycles. The van der Waals surface area contributed by atoms with Crippen molar-refractivity contribution in [1.82, 2.24) is 4.98 Å². The molecule has 0 unspecified atom stereocenters. The van der Waals surface area contributed by atoms with Gasteiger partial charge in [0.05, 0.1) is 0 Å². The lowest BCUT2D eigenvalue weighted by Gasteiger charge is -2.32. The zero-order chi connectivity index (χ0) is 19.7. The lowest BCUT2D eigenvalue weighted by atomic mass is 9.72. The maximum Gasteiger partial charge on any atom is 0.248 e. The van der Waals surface area contributed by atoms with Gasteiger partial charge in [-0.25, -0.2) is 0 Å². The van der Waals surface area contributed by atoms with Crippen molar-refractivity contribution in [3.05, 3.63) is 83.8 Å². The van der Waals surface area contributed by atoms with E-state index >= 15 is 0 Å². The Morgan fingerprint density at radius 1 is 1.15 bits per heavy atom. The van der Waals surface area contributed by atoms with Crippen molar-refractivity contribution in [2.75, 3.05) is 5.32 Å². The van der Waals surface area contributed by atoms with E-state index in [2.05, 4.69) is 50.1 Å². The lowest BCUT2D eigenvalue weighted by molar-refractivity contribution is -0.111. The fourth-order valence-electron chi connectivity index (χ4n) is 3.31. The van der Waals surface area contributed by atoms with Gasteiger partial charge in [-0.05, 0) is 56.2 Å². The fraction of sp³-hybridized carbons (Fsp3) is 0.333. The second-order valence-corrected chi connectivity index (χ2v) is 7.64. The van der Waals surface area contributed by atoms with Crippen LogP contribution < -0.4 is 5.32 Å². The van der Waals surface area contributed by atoms with Gasteiger partial charge in [-0.3, -0.25) is 9.78 Å². The van der Waals surface area contributed by atoms with E-state index in [1.165, 1.54) is 42.1 Å². The minimum Gasteiger partial charge on any atom is -0.322 e. The number of hydrogen-bond acceptors (Lipinski definition) is 2. The molecule has 0 saturated carbocycles. The predicted molar refractivity (Wildman–Crippen MR) is 114 cm³/mol. The molecule has 0 aliphatic heterocycles. The van der Waals surface area contributed by atoms with E-state index in [1.54, 1.807) is 30.6 Å². The van der Waals surface area contributed by atoms with Crippen molar-refractivity contribution in [2.24, 2.45) is 5.41 Å². The molecule has 2 rings (SSSR count). The Morgan fingerprint density at radius 2 is 1.89 bits per heavy atom. The Bertz CT molecular complexity index is 793. The summed E-state index contributed by atoms with van der Waals surface area (Å²) in [6, 6.07) is 3.51. The highest BCUT2D eigenvalue weighted by Crippen LogP contribution is 2.40. The van der Waals surface area contributed by atoms with E-state index in [0.29, 0.717) is 0 Å². The number of aromatic nitrogens is 1. The minimum atomic E-state index is -0.159. The molecular weight excluding hydrogens is 332 g/mol. The van der Waals surface area contributed by atoms with E-state index in [-0.39, 0.29) is 11.3 Å². The number of hydrogen-bond donors (Lipinski definition) is 1. The van der Waals surface area contributed by atoms with E-state index in [1.807, 2.05) is 18.2 Å². The molecule has 0 spiro atoms. The van der Waals surface area contributed by atoms with Gasteiger partial charge in [0.25, 0.3) is 0 Å². The van der Waals surface area contributed by atoms with Gasteiger partial charge in [0, 0.05) is 24.2 Å². The van der Waals surface area contributed by atoms with Crippen LogP contribution in [0.1, 0.15) is 47.0 Å². The minimum absolute atomic E-state index is 0.159. The summed E-state index contributed by atoms with van der Waals surface area (Å²) in [5.74, 6) is -0.159.